The summed E-state index contributed by atoms with van der Waals surface area (Å²) in [7, 11) is 0. The highest BCUT2D eigenvalue weighted by Crippen LogP contribution is 2.22. The van der Waals surface area contributed by atoms with Gasteiger partial charge in [0.1, 0.15) is 11.6 Å². The van der Waals surface area contributed by atoms with Crippen LogP contribution in [0, 0.1) is 22.7 Å². The highest BCUT2D eigenvalue weighted by molar-refractivity contribution is 5.57. The Kier molecular flexibility index (Phi) is 3.69. The number of pyridine rings is 1. The van der Waals surface area contributed by atoms with Crippen molar-refractivity contribution in [2.24, 2.45) is 0 Å². The third-order valence-electron chi connectivity index (χ3n) is 3.61. The molecule has 0 radical (unpaired) electrons. The van der Waals surface area contributed by atoms with Crippen LogP contribution < -0.4 is 4.90 Å². The van der Waals surface area contributed by atoms with E-state index in [2.05, 4.69) is 26.9 Å². The Hall–Kier alpha value is -2.11. The quantitative estimate of drug-likeness (QED) is 0.798. The molecule has 1 saturated heterocycles. The Morgan fingerprint density at radius 1 is 1.21 bits per heavy atom. The third kappa shape index (κ3) is 2.67. The number of hydrogen-bond donors (Lipinski definition) is 0. The van der Waals surface area contributed by atoms with Crippen LogP contribution in [-0.4, -0.2) is 41.6 Å². The SMILES string of the molecule is CC(C)(C#N)N1CCN(c2cnccc2C#N)CC1. The molecule has 0 aliphatic carbocycles. The summed E-state index contributed by atoms with van der Waals surface area (Å²) in [5, 5.41) is 18.3. The maximum atomic E-state index is 9.15. The van der Waals surface area contributed by atoms with Crippen LogP contribution >= 0.6 is 0 Å². The molecule has 98 valence electrons. The van der Waals surface area contributed by atoms with Crippen LogP contribution in [0.4, 0.5) is 5.69 Å². The van der Waals surface area contributed by atoms with Crippen molar-refractivity contribution in [1.29, 1.82) is 10.5 Å². The molecule has 0 N–H and O–H groups in total. The molecular formula is C14H17N5. The molecule has 0 amide bonds. The minimum atomic E-state index is -0.431. The van der Waals surface area contributed by atoms with Gasteiger partial charge >= 0.3 is 0 Å². The fourth-order valence-corrected chi connectivity index (χ4v) is 2.31. The minimum Gasteiger partial charge on any atom is -0.367 e. The van der Waals surface area contributed by atoms with Gasteiger partial charge in [-0.25, -0.2) is 0 Å². The highest BCUT2D eigenvalue weighted by Gasteiger charge is 2.30. The number of piperazine rings is 1. The van der Waals surface area contributed by atoms with E-state index in [1.807, 2.05) is 13.8 Å². The van der Waals surface area contributed by atoms with E-state index in [0.717, 1.165) is 31.9 Å². The fourth-order valence-electron chi connectivity index (χ4n) is 2.31. The Labute approximate surface area is 113 Å². The lowest BCUT2D eigenvalue weighted by molar-refractivity contribution is 0.158. The summed E-state index contributed by atoms with van der Waals surface area (Å²) in [6.07, 6.45) is 3.38. The van der Waals surface area contributed by atoms with E-state index < -0.39 is 5.54 Å². The lowest BCUT2D eigenvalue weighted by Crippen LogP contribution is -2.54. The van der Waals surface area contributed by atoms with Crippen molar-refractivity contribution < 1.29 is 0 Å². The fraction of sp³-hybridized carbons (Fsp3) is 0.500. The molecule has 1 aromatic rings. The van der Waals surface area contributed by atoms with E-state index in [4.69, 9.17) is 10.5 Å². The summed E-state index contributed by atoms with van der Waals surface area (Å²) in [5.74, 6) is 0. The van der Waals surface area contributed by atoms with E-state index in [9.17, 15) is 0 Å². The minimum absolute atomic E-state index is 0.431. The van der Waals surface area contributed by atoms with Gasteiger partial charge in [0.2, 0.25) is 0 Å². The number of anilines is 1. The summed E-state index contributed by atoms with van der Waals surface area (Å²) >= 11 is 0. The molecule has 0 atom stereocenters. The van der Waals surface area contributed by atoms with E-state index in [0.29, 0.717) is 5.56 Å². The monoisotopic (exact) mass is 255 g/mol. The van der Waals surface area contributed by atoms with Crippen LogP contribution in [0.1, 0.15) is 19.4 Å². The van der Waals surface area contributed by atoms with Gasteiger partial charge in [-0.1, -0.05) is 0 Å². The molecule has 0 aromatic carbocycles. The van der Waals surface area contributed by atoms with Gasteiger partial charge in [-0.05, 0) is 19.9 Å². The molecule has 0 spiro atoms. The molecule has 1 fully saturated rings. The van der Waals surface area contributed by atoms with Crippen molar-refractivity contribution in [3.63, 3.8) is 0 Å². The van der Waals surface area contributed by atoms with Gasteiger partial charge < -0.3 is 4.90 Å². The second-order valence-electron chi connectivity index (χ2n) is 5.15. The normalized spacial score (nSPS) is 16.7. The first-order valence-electron chi connectivity index (χ1n) is 6.34. The van der Waals surface area contributed by atoms with Gasteiger partial charge in [0.25, 0.3) is 0 Å². The van der Waals surface area contributed by atoms with E-state index in [1.54, 1.807) is 18.5 Å². The topological polar surface area (TPSA) is 67.0 Å². The van der Waals surface area contributed by atoms with Crippen LogP contribution in [-0.2, 0) is 0 Å². The Morgan fingerprint density at radius 2 is 1.89 bits per heavy atom. The van der Waals surface area contributed by atoms with Crippen molar-refractivity contribution in [2.45, 2.75) is 19.4 Å². The lowest BCUT2D eigenvalue weighted by atomic mass is 10.0. The summed E-state index contributed by atoms with van der Waals surface area (Å²) in [5.41, 5.74) is 1.11. The maximum Gasteiger partial charge on any atom is 0.103 e. The predicted octanol–water partition coefficient (Wildman–Crippen LogP) is 1.38. The Morgan fingerprint density at radius 3 is 2.47 bits per heavy atom. The van der Waals surface area contributed by atoms with Gasteiger partial charge in [-0.2, -0.15) is 10.5 Å². The second-order valence-corrected chi connectivity index (χ2v) is 5.15. The van der Waals surface area contributed by atoms with Gasteiger partial charge in [0.05, 0.1) is 23.5 Å². The van der Waals surface area contributed by atoms with Crippen molar-refractivity contribution in [3.8, 4) is 12.1 Å². The molecule has 5 heteroatoms. The number of hydrogen-bond acceptors (Lipinski definition) is 5. The molecule has 0 unspecified atom stereocenters. The van der Waals surface area contributed by atoms with Gasteiger partial charge in [-0.3, -0.25) is 9.88 Å². The smallest absolute Gasteiger partial charge is 0.103 e. The van der Waals surface area contributed by atoms with Crippen LogP contribution in [0.25, 0.3) is 0 Å². The van der Waals surface area contributed by atoms with Gasteiger partial charge in [0.15, 0.2) is 0 Å². The molecule has 0 saturated carbocycles. The summed E-state index contributed by atoms with van der Waals surface area (Å²) in [4.78, 5) is 8.43. The van der Waals surface area contributed by atoms with Gasteiger partial charge in [-0.15, -0.1) is 0 Å². The van der Waals surface area contributed by atoms with Crippen LogP contribution in [0.3, 0.4) is 0 Å². The van der Waals surface area contributed by atoms with E-state index >= 15 is 0 Å². The molecule has 5 nitrogen and oxygen atoms in total. The third-order valence-corrected chi connectivity index (χ3v) is 3.61. The van der Waals surface area contributed by atoms with Crippen molar-refractivity contribution in [3.05, 3.63) is 24.0 Å². The number of nitrogens with zero attached hydrogens (tertiary/aromatic N) is 5. The summed E-state index contributed by atoms with van der Waals surface area (Å²) in [6.45, 7) is 7.14. The van der Waals surface area contributed by atoms with Crippen molar-refractivity contribution >= 4 is 5.69 Å². The Balaban J connectivity index is 2.09. The molecule has 0 bridgehead atoms. The van der Waals surface area contributed by atoms with E-state index in [1.165, 1.54) is 0 Å². The van der Waals surface area contributed by atoms with Crippen LogP contribution in [0.5, 0.6) is 0 Å². The first-order chi connectivity index (χ1) is 9.08. The summed E-state index contributed by atoms with van der Waals surface area (Å²) < 4.78 is 0. The lowest BCUT2D eigenvalue weighted by Gasteiger charge is -2.41. The van der Waals surface area contributed by atoms with E-state index in [-0.39, 0.29) is 0 Å². The average molecular weight is 255 g/mol. The predicted molar refractivity (Wildman–Crippen MR) is 72.4 cm³/mol. The molecule has 1 aliphatic heterocycles. The molecule has 2 rings (SSSR count). The first-order valence-corrected chi connectivity index (χ1v) is 6.34. The zero-order chi connectivity index (χ0) is 13.9. The second kappa shape index (κ2) is 5.26. The van der Waals surface area contributed by atoms with Crippen molar-refractivity contribution in [1.82, 2.24) is 9.88 Å². The van der Waals surface area contributed by atoms with Crippen LogP contribution in [0.15, 0.2) is 18.5 Å². The number of rotatable bonds is 2. The molecular weight excluding hydrogens is 238 g/mol. The molecule has 1 aromatic heterocycles. The highest BCUT2D eigenvalue weighted by atomic mass is 15.3. The summed E-state index contributed by atoms with van der Waals surface area (Å²) in [6, 6.07) is 6.27. The average Bonchev–Trinajstić information content (AvgIpc) is 2.47. The maximum absolute atomic E-state index is 9.15. The molecule has 1 aliphatic rings. The number of aromatic nitrogens is 1. The van der Waals surface area contributed by atoms with Gasteiger partial charge in [0, 0.05) is 32.4 Å². The molecule has 2 heterocycles. The molecule has 19 heavy (non-hydrogen) atoms. The standard InChI is InChI=1S/C14H17N5/c1-14(2,11-16)19-7-5-18(6-8-19)13-10-17-4-3-12(13)9-15/h3-4,10H,5-8H2,1-2H3. The largest absolute Gasteiger partial charge is 0.367 e. The zero-order valence-electron chi connectivity index (χ0n) is 11.3. The Bertz CT molecular complexity index is 530. The first kappa shape index (κ1) is 13.3. The van der Waals surface area contributed by atoms with Crippen LogP contribution in [0.2, 0.25) is 0 Å². The van der Waals surface area contributed by atoms with Crippen molar-refractivity contribution in [2.75, 3.05) is 31.1 Å². The number of nitriles is 2. The zero-order valence-corrected chi connectivity index (χ0v) is 11.3.